The highest BCUT2D eigenvalue weighted by atomic mass is 16.2. The van der Waals surface area contributed by atoms with Gasteiger partial charge in [0, 0.05) is 60.8 Å². The molecule has 1 saturated heterocycles. The van der Waals surface area contributed by atoms with E-state index in [1.165, 1.54) is 36.1 Å². The molecule has 0 bridgehead atoms. The van der Waals surface area contributed by atoms with Crippen molar-refractivity contribution in [2.24, 2.45) is 13.0 Å². The van der Waals surface area contributed by atoms with Crippen molar-refractivity contribution in [1.82, 2.24) is 14.8 Å². The fraction of sp³-hybridized carbons (Fsp3) is 0.345. The number of nitrogens with one attached hydrogen (secondary N) is 1. The molecule has 0 unspecified atom stereocenters. The van der Waals surface area contributed by atoms with Crippen molar-refractivity contribution >= 4 is 33.9 Å². The van der Waals surface area contributed by atoms with E-state index < -0.39 is 0 Å². The van der Waals surface area contributed by atoms with E-state index in [9.17, 15) is 4.79 Å². The van der Waals surface area contributed by atoms with Gasteiger partial charge in [-0.1, -0.05) is 12.1 Å². The van der Waals surface area contributed by atoms with Crippen molar-refractivity contribution in [3.05, 3.63) is 66.1 Å². The number of benzene rings is 2. The molecule has 7 heteroatoms. The van der Waals surface area contributed by atoms with Crippen LogP contribution in [0.4, 0.5) is 17.2 Å². The van der Waals surface area contributed by atoms with Gasteiger partial charge in [-0.05, 0) is 84.9 Å². The summed E-state index contributed by atoms with van der Waals surface area (Å²) in [7, 11) is 1.90. The third kappa shape index (κ3) is 4.19. The predicted molar refractivity (Wildman–Crippen MR) is 145 cm³/mol. The normalized spacial score (nSPS) is 19.4. The Balaban J connectivity index is 1.30. The molecule has 1 amide bonds. The molecule has 1 aliphatic carbocycles. The highest BCUT2D eigenvalue weighted by Crippen LogP contribution is 2.48. The number of pyridine rings is 1. The Morgan fingerprint density at radius 3 is 2.72 bits per heavy atom. The van der Waals surface area contributed by atoms with Crippen LogP contribution in [-0.4, -0.2) is 33.8 Å². The van der Waals surface area contributed by atoms with Crippen LogP contribution in [0.15, 0.2) is 55.0 Å². The zero-order valence-corrected chi connectivity index (χ0v) is 20.9. The lowest BCUT2D eigenvalue weighted by Gasteiger charge is -2.31. The molecule has 1 saturated carbocycles. The summed E-state index contributed by atoms with van der Waals surface area (Å²) in [5, 5.41) is 9.13. The van der Waals surface area contributed by atoms with Crippen LogP contribution in [0, 0.1) is 12.8 Å². The summed E-state index contributed by atoms with van der Waals surface area (Å²) in [5.41, 5.74) is 13.2. The van der Waals surface area contributed by atoms with Gasteiger partial charge in [0.1, 0.15) is 5.82 Å². The summed E-state index contributed by atoms with van der Waals surface area (Å²) in [5.74, 6) is 0.755. The topological polar surface area (TPSA) is 89.1 Å². The number of nitrogens with zero attached hydrogens (tertiary/aromatic N) is 4. The second kappa shape index (κ2) is 8.97. The van der Waals surface area contributed by atoms with Crippen LogP contribution in [0.5, 0.6) is 0 Å². The Bertz CT molecular complexity index is 1450. The SMILES string of the molecule is Cc1cccc(N2CCCCC2)c1-c1cc(N)c2cnc(NC(=O)[C@H]3C[C@@H]3c3cnn(C)c3)cc2c1. The Morgan fingerprint density at radius 2 is 1.94 bits per heavy atom. The van der Waals surface area contributed by atoms with Gasteiger partial charge >= 0.3 is 0 Å². The Morgan fingerprint density at radius 1 is 1.11 bits per heavy atom. The number of fused-ring (bicyclic) bond motifs is 1. The summed E-state index contributed by atoms with van der Waals surface area (Å²) < 4.78 is 1.78. The van der Waals surface area contributed by atoms with E-state index in [0.717, 1.165) is 41.4 Å². The van der Waals surface area contributed by atoms with Gasteiger partial charge in [0.05, 0.1) is 6.20 Å². The second-order valence-corrected chi connectivity index (χ2v) is 10.3. The van der Waals surface area contributed by atoms with Crippen LogP contribution < -0.4 is 16.0 Å². The van der Waals surface area contributed by atoms with Crippen molar-refractivity contribution in [3.63, 3.8) is 0 Å². The van der Waals surface area contributed by atoms with Crippen LogP contribution in [0.25, 0.3) is 21.9 Å². The third-order valence-electron chi connectivity index (χ3n) is 7.64. The molecule has 1 aliphatic heterocycles. The number of nitrogens with two attached hydrogens (primary N) is 1. The number of hydrogen-bond donors (Lipinski definition) is 2. The fourth-order valence-electron chi connectivity index (χ4n) is 5.63. The number of aromatic nitrogens is 3. The summed E-state index contributed by atoms with van der Waals surface area (Å²) in [6.45, 7) is 4.33. The third-order valence-corrected chi connectivity index (χ3v) is 7.64. The molecule has 3 N–H and O–H groups in total. The lowest BCUT2D eigenvalue weighted by Crippen LogP contribution is -2.29. The molecule has 3 heterocycles. The molecule has 2 atom stereocenters. The molecule has 4 aromatic rings. The number of piperidine rings is 1. The maximum atomic E-state index is 12.9. The summed E-state index contributed by atoms with van der Waals surface area (Å²) >= 11 is 0. The molecule has 36 heavy (non-hydrogen) atoms. The van der Waals surface area contributed by atoms with Gasteiger partial charge in [-0.3, -0.25) is 9.48 Å². The first-order chi connectivity index (χ1) is 17.5. The van der Waals surface area contributed by atoms with Gasteiger partial charge in [0.25, 0.3) is 0 Å². The molecular weight excluding hydrogens is 448 g/mol. The summed E-state index contributed by atoms with van der Waals surface area (Å²) in [4.78, 5) is 19.9. The minimum atomic E-state index is -0.0397. The van der Waals surface area contributed by atoms with E-state index in [1.54, 1.807) is 10.9 Å². The van der Waals surface area contributed by atoms with Crippen LogP contribution in [0.2, 0.25) is 0 Å². The summed E-state index contributed by atoms with van der Waals surface area (Å²) in [6.07, 6.45) is 10.2. The quantitative estimate of drug-likeness (QED) is 0.381. The van der Waals surface area contributed by atoms with E-state index >= 15 is 0 Å². The average molecular weight is 481 g/mol. The first-order valence-electron chi connectivity index (χ1n) is 12.8. The number of amides is 1. The maximum Gasteiger partial charge on any atom is 0.229 e. The first kappa shape index (κ1) is 22.6. The molecule has 184 valence electrons. The van der Waals surface area contributed by atoms with Crippen LogP contribution in [0.1, 0.15) is 42.7 Å². The minimum Gasteiger partial charge on any atom is -0.398 e. The maximum absolute atomic E-state index is 12.9. The number of carbonyl (C=O) groups is 1. The van der Waals surface area contributed by atoms with Gasteiger partial charge in [-0.25, -0.2) is 4.98 Å². The molecule has 0 spiro atoms. The lowest BCUT2D eigenvalue weighted by molar-refractivity contribution is -0.117. The van der Waals surface area contributed by atoms with Crippen molar-refractivity contribution in [2.45, 2.75) is 38.5 Å². The van der Waals surface area contributed by atoms with Crippen molar-refractivity contribution in [2.75, 3.05) is 29.0 Å². The molecule has 0 radical (unpaired) electrons. The lowest BCUT2D eigenvalue weighted by atomic mass is 9.94. The summed E-state index contributed by atoms with van der Waals surface area (Å²) in [6, 6.07) is 12.7. The number of anilines is 3. The molecule has 2 fully saturated rings. The van der Waals surface area contributed by atoms with E-state index in [1.807, 2.05) is 25.5 Å². The minimum absolute atomic E-state index is 0.00566. The molecule has 6 rings (SSSR count). The molecule has 2 aromatic heterocycles. The van der Waals surface area contributed by atoms with Crippen LogP contribution >= 0.6 is 0 Å². The van der Waals surface area contributed by atoms with Gasteiger partial charge in [0.2, 0.25) is 5.91 Å². The zero-order chi connectivity index (χ0) is 24.8. The number of carbonyl (C=O) groups excluding carboxylic acids is 1. The second-order valence-electron chi connectivity index (χ2n) is 10.3. The highest BCUT2D eigenvalue weighted by molar-refractivity contribution is 6.01. The van der Waals surface area contributed by atoms with Crippen molar-refractivity contribution in [1.29, 1.82) is 0 Å². The van der Waals surface area contributed by atoms with Gasteiger partial charge in [-0.15, -0.1) is 0 Å². The van der Waals surface area contributed by atoms with E-state index in [2.05, 4.69) is 57.6 Å². The van der Waals surface area contributed by atoms with Gasteiger partial charge in [0.15, 0.2) is 0 Å². The van der Waals surface area contributed by atoms with Crippen LogP contribution in [-0.2, 0) is 11.8 Å². The molecule has 2 aliphatic rings. The average Bonchev–Trinajstić information content (AvgIpc) is 3.57. The first-order valence-corrected chi connectivity index (χ1v) is 12.8. The number of nitrogen functional groups attached to an aromatic ring is 1. The van der Waals surface area contributed by atoms with Crippen LogP contribution in [0.3, 0.4) is 0 Å². The largest absolute Gasteiger partial charge is 0.398 e. The van der Waals surface area contributed by atoms with E-state index in [-0.39, 0.29) is 17.7 Å². The van der Waals surface area contributed by atoms with Gasteiger partial charge < -0.3 is 16.0 Å². The molecule has 2 aromatic carbocycles. The monoisotopic (exact) mass is 480 g/mol. The number of rotatable bonds is 5. The molecule has 7 nitrogen and oxygen atoms in total. The zero-order valence-electron chi connectivity index (χ0n) is 20.9. The number of hydrogen-bond acceptors (Lipinski definition) is 5. The molecular formula is C29H32N6O. The Kier molecular flexibility index (Phi) is 5.63. The number of aryl methyl sites for hydroxylation is 2. The smallest absolute Gasteiger partial charge is 0.229 e. The Labute approximate surface area is 211 Å². The highest BCUT2D eigenvalue weighted by Gasteiger charge is 2.44. The van der Waals surface area contributed by atoms with Crippen molar-refractivity contribution < 1.29 is 4.79 Å². The van der Waals surface area contributed by atoms with Gasteiger partial charge in [-0.2, -0.15) is 5.10 Å². The van der Waals surface area contributed by atoms with Crippen molar-refractivity contribution in [3.8, 4) is 11.1 Å². The standard InChI is InChI=1S/C29H32N6O/c1-18-7-6-8-26(35-9-4-3-5-10-35)28(18)20-11-19-13-27(31-16-24(19)25(30)12-20)33-29(36)23-14-22(23)21-15-32-34(2)17-21/h6-8,11-13,15-17,22-23H,3-5,9-10,14,30H2,1-2H3,(H,31,33,36)/t22-,23+/m1/s1. The van der Waals surface area contributed by atoms with E-state index in [4.69, 9.17) is 5.73 Å². The predicted octanol–water partition coefficient (Wildman–Crippen LogP) is 5.26. The van der Waals surface area contributed by atoms with E-state index in [0.29, 0.717) is 11.5 Å². The fourth-order valence-corrected chi connectivity index (χ4v) is 5.63. The Hall–Kier alpha value is -3.87.